The van der Waals surface area contributed by atoms with E-state index in [0.29, 0.717) is 26.6 Å². The number of anilines is 1. The van der Waals surface area contributed by atoms with Crippen LogP contribution >= 0.6 is 34.1 Å². The molecule has 0 radical (unpaired) electrons. The number of hydrogen-bond donors (Lipinski definition) is 2. The summed E-state index contributed by atoms with van der Waals surface area (Å²) in [6.07, 6.45) is 1.55. The minimum atomic E-state index is -0.0888. The van der Waals surface area contributed by atoms with Gasteiger partial charge in [-0.25, -0.2) is 10.8 Å². The van der Waals surface area contributed by atoms with Gasteiger partial charge < -0.3 is 5.43 Å². The van der Waals surface area contributed by atoms with Crippen molar-refractivity contribution in [3.05, 3.63) is 31.6 Å². The van der Waals surface area contributed by atoms with Crippen molar-refractivity contribution in [3.63, 3.8) is 0 Å². The lowest BCUT2D eigenvalue weighted by Gasteiger charge is -2.08. The van der Waals surface area contributed by atoms with Gasteiger partial charge >= 0.3 is 0 Å². The van der Waals surface area contributed by atoms with Crippen molar-refractivity contribution in [3.8, 4) is 0 Å². The third-order valence-corrected chi connectivity index (χ3v) is 3.64. The summed E-state index contributed by atoms with van der Waals surface area (Å²) < 4.78 is 5.89. The summed E-state index contributed by atoms with van der Waals surface area (Å²) in [6.45, 7) is 2.08. The Balaban J connectivity index is 2.43. The Morgan fingerprint density at radius 3 is 3.12 bits per heavy atom. The molecule has 3 N–H and O–H groups in total. The summed E-state index contributed by atoms with van der Waals surface area (Å²) in [5.74, 6) is 5.96. The number of aryl methyl sites for hydroxylation is 1. The second-order valence-electron chi connectivity index (χ2n) is 3.24. The van der Waals surface area contributed by atoms with Crippen LogP contribution in [-0.2, 0) is 6.54 Å². The van der Waals surface area contributed by atoms with Gasteiger partial charge in [0.2, 0.25) is 0 Å². The van der Waals surface area contributed by atoms with Gasteiger partial charge in [-0.15, -0.1) is 5.10 Å². The van der Waals surface area contributed by atoms with Gasteiger partial charge in [0.1, 0.15) is 16.5 Å². The lowest BCUT2D eigenvalue weighted by molar-refractivity contribution is 0.680. The van der Waals surface area contributed by atoms with Crippen LogP contribution in [0.25, 0.3) is 0 Å². The topological polar surface area (TPSA) is 98.7 Å². The van der Waals surface area contributed by atoms with E-state index in [9.17, 15) is 4.79 Å². The monoisotopic (exact) mass is 364 g/mol. The van der Waals surface area contributed by atoms with E-state index in [1.54, 1.807) is 17.7 Å². The maximum atomic E-state index is 11.9. The van der Waals surface area contributed by atoms with Crippen LogP contribution in [0.15, 0.2) is 11.0 Å². The lowest BCUT2D eigenvalue weighted by Crippen LogP contribution is -2.26. The zero-order valence-electron chi connectivity index (χ0n) is 8.85. The van der Waals surface area contributed by atoms with Crippen molar-refractivity contribution >= 4 is 39.1 Å². The Morgan fingerprint density at radius 1 is 1.65 bits per heavy atom. The summed E-state index contributed by atoms with van der Waals surface area (Å²) in [5, 5.41) is 4.58. The number of nitrogens with zero attached hydrogens (tertiary/aromatic N) is 4. The number of hydrogen-bond acceptors (Lipinski definition) is 7. The first kappa shape index (κ1) is 12.4. The van der Waals surface area contributed by atoms with Crippen LogP contribution in [0.2, 0.25) is 0 Å². The Morgan fingerprint density at radius 2 is 2.41 bits per heavy atom. The maximum Gasteiger partial charge on any atom is 0.267 e. The predicted molar refractivity (Wildman–Crippen MR) is 72.8 cm³/mol. The molecule has 90 valence electrons. The van der Waals surface area contributed by atoms with Crippen LogP contribution in [0.3, 0.4) is 0 Å². The molecule has 0 saturated carbocycles. The molecule has 0 bridgehead atoms. The minimum Gasteiger partial charge on any atom is -0.313 e. The van der Waals surface area contributed by atoms with Crippen molar-refractivity contribution in [1.29, 1.82) is 0 Å². The van der Waals surface area contributed by atoms with Gasteiger partial charge in [-0.2, -0.15) is 0 Å². The molecule has 0 spiro atoms. The largest absolute Gasteiger partial charge is 0.313 e. The molecule has 0 fully saturated rings. The fraction of sp³-hybridized carbons (Fsp3) is 0.250. The second kappa shape index (κ2) is 5.06. The molecule has 0 amide bonds. The number of nitrogens with one attached hydrogen (secondary N) is 1. The molecule has 2 aromatic heterocycles. The molecule has 2 aromatic rings. The van der Waals surface area contributed by atoms with E-state index < -0.39 is 0 Å². The highest BCUT2D eigenvalue weighted by Gasteiger charge is 2.11. The third-order valence-electron chi connectivity index (χ3n) is 2.20. The van der Waals surface area contributed by atoms with Crippen molar-refractivity contribution in [1.82, 2.24) is 19.1 Å². The Labute approximate surface area is 114 Å². The Kier molecular flexibility index (Phi) is 3.69. The van der Waals surface area contributed by atoms with Crippen LogP contribution < -0.4 is 16.8 Å². The first-order valence-corrected chi connectivity index (χ1v) is 6.48. The zero-order chi connectivity index (χ0) is 12.4. The average molecular weight is 364 g/mol. The predicted octanol–water partition coefficient (Wildman–Crippen LogP) is 0.342. The van der Waals surface area contributed by atoms with Crippen LogP contribution in [-0.4, -0.2) is 19.1 Å². The molecule has 0 unspecified atom stereocenters. The number of hydrazine groups is 1. The Bertz CT molecular complexity index is 594. The molecular formula is C8H9IN6OS. The van der Waals surface area contributed by atoms with Crippen molar-refractivity contribution in [2.24, 2.45) is 5.84 Å². The standard InChI is InChI=1S/C8H9IN6OS/c1-4-11-2-5(9)8(16)15(4)3-6-7(12-10)17-14-13-6/h2,12H,3,10H2,1H3. The van der Waals surface area contributed by atoms with E-state index in [4.69, 9.17) is 5.84 Å². The van der Waals surface area contributed by atoms with Crippen LogP contribution in [0, 0.1) is 10.5 Å². The molecule has 0 aliphatic rings. The van der Waals surface area contributed by atoms with E-state index in [1.807, 2.05) is 22.6 Å². The Hall–Kier alpha value is -1.07. The van der Waals surface area contributed by atoms with Gasteiger partial charge in [0.05, 0.1) is 10.1 Å². The van der Waals surface area contributed by atoms with E-state index in [-0.39, 0.29) is 5.56 Å². The normalized spacial score (nSPS) is 10.5. The minimum absolute atomic E-state index is 0.0888. The van der Waals surface area contributed by atoms with E-state index in [0.717, 1.165) is 11.5 Å². The van der Waals surface area contributed by atoms with Gasteiger partial charge in [-0.1, -0.05) is 4.49 Å². The van der Waals surface area contributed by atoms with Gasteiger partial charge in [0.25, 0.3) is 5.56 Å². The number of rotatable bonds is 3. The molecule has 0 aromatic carbocycles. The first-order valence-electron chi connectivity index (χ1n) is 4.63. The molecule has 0 aliphatic carbocycles. The number of aromatic nitrogens is 4. The number of halogens is 1. The third kappa shape index (κ3) is 2.45. The molecular weight excluding hydrogens is 355 g/mol. The van der Waals surface area contributed by atoms with Gasteiger partial charge in [-0.3, -0.25) is 9.36 Å². The SMILES string of the molecule is Cc1ncc(I)c(=O)n1Cc1nnsc1NN. The van der Waals surface area contributed by atoms with Crippen molar-refractivity contribution in [2.45, 2.75) is 13.5 Å². The average Bonchev–Trinajstić information content (AvgIpc) is 2.77. The van der Waals surface area contributed by atoms with Gasteiger partial charge in [0, 0.05) is 17.7 Å². The van der Waals surface area contributed by atoms with Crippen LogP contribution in [0.4, 0.5) is 5.00 Å². The molecule has 17 heavy (non-hydrogen) atoms. The van der Waals surface area contributed by atoms with Crippen molar-refractivity contribution in [2.75, 3.05) is 5.43 Å². The summed E-state index contributed by atoms with van der Waals surface area (Å²) in [7, 11) is 0. The molecule has 0 aliphatic heterocycles. The van der Waals surface area contributed by atoms with Gasteiger partial charge in [0.15, 0.2) is 0 Å². The van der Waals surface area contributed by atoms with Gasteiger partial charge in [-0.05, 0) is 29.5 Å². The molecule has 0 saturated heterocycles. The molecule has 9 heteroatoms. The van der Waals surface area contributed by atoms with E-state index in [2.05, 4.69) is 20.0 Å². The van der Waals surface area contributed by atoms with Crippen molar-refractivity contribution < 1.29 is 0 Å². The zero-order valence-corrected chi connectivity index (χ0v) is 11.8. The summed E-state index contributed by atoms with van der Waals surface area (Å²) >= 11 is 3.11. The highest BCUT2D eigenvalue weighted by molar-refractivity contribution is 14.1. The molecule has 0 atom stereocenters. The summed E-state index contributed by atoms with van der Waals surface area (Å²) in [6, 6.07) is 0. The number of nitrogen functional groups attached to an aromatic ring is 1. The van der Waals surface area contributed by atoms with E-state index in [1.165, 1.54) is 0 Å². The smallest absolute Gasteiger partial charge is 0.267 e. The molecule has 2 rings (SSSR count). The van der Waals surface area contributed by atoms with Crippen LogP contribution in [0.1, 0.15) is 11.5 Å². The molecule has 7 nitrogen and oxygen atoms in total. The second-order valence-corrected chi connectivity index (χ2v) is 5.15. The quantitative estimate of drug-likeness (QED) is 0.463. The van der Waals surface area contributed by atoms with E-state index >= 15 is 0 Å². The van der Waals surface area contributed by atoms with Crippen LogP contribution in [0.5, 0.6) is 0 Å². The first-order chi connectivity index (χ1) is 8.13. The fourth-order valence-electron chi connectivity index (χ4n) is 1.31. The highest BCUT2D eigenvalue weighted by Crippen LogP contribution is 2.16. The maximum absolute atomic E-state index is 11.9. The number of nitrogens with two attached hydrogens (primary N) is 1. The summed E-state index contributed by atoms with van der Waals surface area (Å²) in [4.78, 5) is 16.1. The molecule has 2 heterocycles. The summed E-state index contributed by atoms with van der Waals surface area (Å²) in [5.41, 5.74) is 3.05. The lowest BCUT2D eigenvalue weighted by atomic mass is 10.4. The fourth-order valence-corrected chi connectivity index (χ4v) is 2.22. The highest BCUT2D eigenvalue weighted by atomic mass is 127.